The molecule has 186 valence electrons. The van der Waals surface area contributed by atoms with Gasteiger partial charge in [0.1, 0.15) is 0 Å². The Kier molecular flexibility index (Phi) is 3.42. The number of hydrogen-bond donors (Lipinski definition) is 0. The van der Waals surface area contributed by atoms with Gasteiger partial charge >= 0.3 is 0 Å². The lowest BCUT2D eigenvalue weighted by atomic mass is 9.84. The molecular weight excluding hydrogens is 480 g/mol. The zero-order chi connectivity index (χ0) is 35.2. The molecule has 8 rings (SSSR count). The van der Waals surface area contributed by atoms with E-state index in [0.717, 1.165) is 32.7 Å². The molecule has 0 aliphatic rings. The van der Waals surface area contributed by atoms with Crippen LogP contribution in [0.1, 0.15) is 13.7 Å². The lowest BCUT2D eigenvalue weighted by Gasteiger charge is -2.19. The smallest absolute Gasteiger partial charge is 0.0622 e. The molecule has 0 N–H and O–H groups in total. The van der Waals surface area contributed by atoms with Crippen molar-refractivity contribution in [3.8, 4) is 33.4 Å². The standard InChI is InChI=1S/C40H26/c1-2-13-28(14-3-1)39-35-16-6-8-18-37(35)40(38-19-9-7-17-36(38)39)34-23-11-21-32-31(20-10-22-33(32)34)30-25-24-27-12-4-5-15-29(27)26-30/h1-26H/i2D,3D,6D,7D,8D,9D,16D,17D,18D,19D. The van der Waals surface area contributed by atoms with Gasteiger partial charge in [0, 0.05) is 0 Å². The summed E-state index contributed by atoms with van der Waals surface area (Å²) in [5, 5.41) is 4.05. The maximum Gasteiger partial charge on any atom is 0.0629 e. The van der Waals surface area contributed by atoms with Crippen LogP contribution < -0.4 is 0 Å². The highest BCUT2D eigenvalue weighted by atomic mass is 14.2. The quantitative estimate of drug-likeness (QED) is 0.205. The first kappa shape index (κ1) is 14.8. The molecule has 8 aromatic carbocycles. The molecule has 0 saturated heterocycles. The van der Waals surface area contributed by atoms with Gasteiger partial charge in [-0.3, -0.25) is 0 Å². The molecule has 0 atom stereocenters. The van der Waals surface area contributed by atoms with Gasteiger partial charge in [0.2, 0.25) is 0 Å². The fourth-order valence-electron chi connectivity index (χ4n) is 5.82. The molecule has 0 radical (unpaired) electrons. The number of fused-ring (bicyclic) bond motifs is 4. The van der Waals surface area contributed by atoms with Crippen molar-refractivity contribution in [2.45, 2.75) is 0 Å². The molecule has 0 nitrogen and oxygen atoms in total. The summed E-state index contributed by atoms with van der Waals surface area (Å²) in [6, 6.07) is 26.5. The Labute approximate surface area is 247 Å². The monoisotopic (exact) mass is 516 g/mol. The van der Waals surface area contributed by atoms with Crippen LogP contribution in [0.25, 0.3) is 76.5 Å². The summed E-state index contributed by atoms with van der Waals surface area (Å²) in [7, 11) is 0. The van der Waals surface area contributed by atoms with Crippen molar-refractivity contribution in [3.05, 3.63) is 157 Å². The van der Waals surface area contributed by atoms with E-state index in [2.05, 4.69) is 30.3 Å². The van der Waals surface area contributed by atoms with Crippen LogP contribution in [0.2, 0.25) is 0 Å². The van der Waals surface area contributed by atoms with Gasteiger partial charge in [0.05, 0.1) is 13.7 Å². The number of benzene rings is 8. The van der Waals surface area contributed by atoms with E-state index in [0.29, 0.717) is 5.56 Å². The SMILES string of the molecule is [2H]c1cc([2H])cc(-c2c3c([2H])c([2H])c([2H])c([2H])c3c(-c3cccc4c(-c5ccc6ccccc6c5)cccc34)c3c([2H])c([2H])c([2H])c([2H])c23)c1. The average Bonchev–Trinajstić information content (AvgIpc) is 3.12. The van der Waals surface area contributed by atoms with Crippen molar-refractivity contribution in [1.82, 2.24) is 0 Å². The van der Waals surface area contributed by atoms with Crippen LogP contribution >= 0.6 is 0 Å². The van der Waals surface area contributed by atoms with Crippen molar-refractivity contribution in [2.75, 3.05) is 0 Å². The normalized spacial score (nSPS) is 15.0. The Morgan fingerprint density at radius 3 is 1.60 bits per heavy atom. The van der Waals surface area contributed by atoms with Crippen LogP contribution in [-0.2, 0) is 0 Å². The highest BCUT2D eigenvalue weighted by Crippen LogP contribution is 2.46. The Balaban J connectivity index is 1.61. The molecule has 0 aliphatic heterocycles. The highest BCUT2D eigenvalue weighted by Gasteiger charge is 2.18. The van der Waals surface area contributed by atoms with Crippen molar-refractivity contribution in [2.24, 2.45) is 0 Å². The Morgan fingerprint density at radius 2 is 0.925 bits per heavy atom. The molecule has 0 fully saturated rings. The van der Waals surface area contributed by atoms with E-state index in [1.54, 1.807) is 0 Å². The van der Waals surface area contributed by atoms with E-state index >= 15 is 0 Å². The second-order valence-electron chi connectivity index (χ2n) is 9.74. The molecule has 0 unspecified atom stereocenters. The van der Waals surface area contributed by atoms with Crippen LogP contribution in [-0.4, -0.2) is 0 Å². The van der Waals surface area contributed by atoms with Gasteiger partial charge < -0.3 is 0 Å². The van der Waals surface area contributed by atoms with E-state index < -0.39 is 24.2 Å². The molecule has 40 heavy (non-hydrogen) atoms. The van der Waals surface area contributed by atoms with Crippen LogP contribution in [0.3, 0.4) is 0 Å². The molecule has 0 heterocycles. The summed E-state index contributed by atoms with van der Waals surface area (Å²) in [4.78, 5) is 0. The topological polar surface area (TPSA) is 0 Å². The second kappa shape index (κ2) is 9.22. The van der Waals surface area contributed by atoms with E-state index in [-0.39, 0.29) is 74.5 Å². The van der Waals surface area contributed by atoms with E-state index in [1.807, 2.05) is 48.5 Å². The number of rotatable bonds is 3. The molecule has 0 amide bonds. The summed E-state index contributed by atoms with van der Waals surface area (Å²) in [5.74, 6) is 0. The molecule has 0 aliphatic carbocycles. The predicted molar refractivity (Wildman–Crippen MR) is 173 cm³/mol. The lowest BCUT2D eigenvalue weighted by Crippen LogP contribution is -1.92. The molecule has 0 aromatic heterocycles. The van der Waals surface area contributed by atoms with Crippen LogP contribution in [0.15, 0.2) is 157 Å². The minimum absolute atomic E-state index is 0.0187. The molecular formula is C40H26. The van der Waals surface area contributed by atoms with Gasteiger partial charge in [-0.25, -0.2) is 0 Å². The fraction of sp³-hybridized carbons (Fsp3) is 0. The van der Waals surface area contributed by atoms with Crippen molar-refractivity contribution in [3.63, 3.8) is 0 Å². The second-order valence-corrected chi connectivity index (χ2v) is 9.74. The highest BCUT2D eigenvalue weighted by molar-refractivity contribution is 6.24. The summed E-state index contributed by atoms with van der Waals surface area (Å²) in [6.45, 7) is 0. The largest absolute Gasteiger partial charge is 0.0629 e. The maximum absolute atomic E-state index is 9.26. The van der Waals surface area contributed by atoms with Crippen molar-refractivity contribution >= 4 is 43.1 Å². The summed E-state index contributed by atoms with van der Waals surface area (Å²) < 4.78 is 88.4. The fourth-order valence-corrected chi connectivity index (χ4v) is 5.82. The van der Waals surface area contributed by atoms with Gasteiger partial charge in [-0.2, -0.15) is 0 Å². The average molecular weight is 517 g/mol. The van der Waals surface area contributed by atoms with Crippen molar-refractivity contribution in [1.29, 1.82) is 0 Å². The first-order valence-electron chi connectivity index (χ1n) is 18.0. The Morgan fingerprint density at radius 1 is 0.350 bits per heavy atom. The third kappa shape index (κ3) is 3.54. The van der Waals surface area contributed by atoms with Gasteiger partial charge in [-0.05, 0) is 82.5 Å². The zero-order valence-electron chi connectivity index (χ0n) is 31.2. The molecule has 0 spiro atoms. The minimum atomic E-state index is -0.500. The van der Waals surface area contributed by atoms with E-state index in [4.69, 9.17) is 8.22 Å². The number of hydrogen-bond acceptors (Lipinski definition) is 0. The third-order valence-electron chi connectivity index (χ3n) is 7.56. The molecule has 0 bridgehead atoms. The van der Waals surface area contributed by atoms with Crippen molar-refractivity contribution < 1.29 is 13.7 Å². The molecule has 0 heteroatoms. The van der Waals surface area contributed by atoms with Crippen LogP contribution in [0, 0.1) is 0 Å². The Bertz CT molecular complexity index is 2670. The molecule has 8 aromatic rings. The van der Waals surface area contributed by atoms with Crippen LogP contribution in [0.4, 0.5) is 0 Å². The van der Waals surface area contributed by atoms with Gasteiger partial charge in [-0.15, -0.1) is 0 Å². The minimum Gasteiger partial charge on any atom is -0.0622 e. The van der Waals surface area contributed by atoms with Gasteiger partial charge in [0.15, 0.2) is 0 Å². The first-order chi connectivity index (χ1) is 24.0. The summed E-state index contributed by atoms with van der Waals surface area (Å²) >= 11 is 0. The Hall–Kier alpha value is -5.20. The van der Waals surface area contributed by atoms with E-state index in [9.17, 15) is 5.48 Å². The lowest BCUT2D eigenvalue weighted by molar-refractivity contribution is 1.65. The molecule has 0 saturated carbocycles. The first-order valence-corrected chi connectivity index (χ1v) is 13.0. The summed E-state index contributed by atoms with van der Waals surface area (Å²) in [6.07, 6.45) is 0. The van der Waals surface area contributed by atoms with Crippen LogP contribution in [0.5, 0.6) is 0 Å². The van der Waals surface area contributed by atoms with Gasteiger partial charge in [0.25, 0.3) is 0 Å². The van der Waals surface area contributed by atoms with E-state index in [1.165, 1.54) is 18.2 Å². The van der Waals surface area contributed by atoms with Gasteiger partial charge in [-0.1, -0.05) is 151 Å². The zero-order valence-corrected chi connectivity index (χ0v) is 21.2. The predicted octanol–water partition coefficient (Wildman–Crippen LogP) is 11.3. The summed E-state index contributed by atoms with van der Waals surface area (Å²) in [5.41, 5.74) is 3.07. The third-order valence-corrected chi connectivity index (χ3v) is 7.56. The maximum atomic E-state index is 9.26.